The number of halogens is 2. The van der Waals surface area contributed by atoms with E-state index in [4.69, 9.17) is 11.6 Å². The van der Waals surface area contributed by atoms with E-state index in [9.17, 15) is 22.4 Å². The summed E-state index contributed by atoms with van der Waals surface area (Å²) < 4.78 is 41.1. The molecule has 3 aromatic carbocycles. The Labute approximate surface area is 228 Å². The first-order valence-corrected chi connectivity index (χ1v) is 14.3. The van der Waals surface area contributed by atoms with Gasteiger partial charge in [-0.05, 0) is 43.7 Å². The van der Waals surface area contributed by atoms with Crippen molar-refractivity contribution in [3.8, 4) is 0 Å². The van der Waals surface area contributed by atoms with Crippen molar-refractivity contribution in [1.29, 1.82) is 0 Å². The molecule has 7 nitrogen and oxygen atoms in total. The first-order valence-electron chi connectivity index (χ1n) is 12.1. The lowest BCUT2D eigenvalue weighted by Gasteiger charge is -2.34. The van der Waals surface area contributed by atoms with Crippen molar-refractivity contribution in [2.45, 2.75) is 38.9 Å². The molecule has 0 radical (unpaired) electrons. The molecular weight excluding hydrogens is 529 g/mol. The highest BCUT2D eigenvalue weighted by molar-refractivity contribution is 7.92. The minimum atomic E-state index is -3.92. The Hall–Kier alpha value is -3.43. The van der Waals surface area contributed by atoms with E-state index in [-0.39, 0.29) is 30.3 Å². The molecule has 0 heterocycles. The fourth-order valence-electron chi connectivity index (χ4n) is 3.99. The predicted molar refractivity (Wildman–Crippen MR) is 148 cm³/mol. The maximum absolute atomic E-state index is 14.7. The molecule has 0 saturated heterocycles. The molecule has 1 N–H and O–H groups in total. The van der Waals surface area contributed by atoms with Gasteiger partial charge in [0.05, 0.1) is 11.9 Å². The summed E-state index contributed by atoms with van der Waals surface area (Å²) in [4.78, 5) is 28.6. The van der Waals surface area contributed by atoms with Crippen LogP contribution in [0.1, 0.15) is 25.0 Å². The summed E-state index contributed by atoms with van der Waals surface area (Å²) in [5, 5.41) is 3.14. The van der Waals surface area contributed by atoms with Crippen molar-refractivity contribution in [2.75, 3.05) is 17.1 Å². The fraction of sp³-hybridized carbons (Fsp3) is 0.286. The van der Waals surface area contributed by atoms with E-state index < -0.39 is 40.2 Å². The van der Waals surface area contributed by atoms with Crippen LogP contribution < -0.4 is 9.62 Å². The number of hydrogen-bond acceptors (Lipinski definition) is 4. The maximum Gasteiger partial charge on any atom is 0.244 e. The lowest BCUT2D eigenvalue weighted by molar-refractivity contribution is -0.140. The number of amides is 2. The van der Waals surface area contributed by atoms with Gasteiger partial charge in [0.1, 0.15) is 18.4 Å². The summed E-state index contributed by atoms with van der Waals surface area (Å²) in [5.74, 6) is -1.64. The van der Waals surface area contributed by atoms with Gasteiger partial charge in [-0.1, -0.05) is 66.2 Å². The zero-order chi connectivity index (χ0) is 27.9. The Morgan fingerprint density at radius 1 is 0.974 bits per heavy atom. The quantitative estimate of drug-likeness (QED) is 0.377. The molecule has 2 amide bonds. The van der Waals surface area contributed by atoms with Crippen LogP contribution in [-0.2, 0) is 32.6 Å². The molecule has 0 aromatic heterocycles. The van der Waals surface area contributed by atoms with Crippen LogP contribution in [0.2, 0.25) is 5.02 Å². The number of benzene rings is 3. The molecule has 1 atom stereocenters. The summed E-state index contributed by atoms with van der Waals surface area (Å²) in [6, 6.07) is 20.0. The Morgan fingerprint density at radius 2 is 1.63 bits per heavy atom. The Balaban J connectivity index is 2.07. The van der Waals surface area contributed by atoms with E-state index in [2.05, 4.69) is 5.32 Å². The van der Waals surface area contributed by atoms with Gasteiger partial charge in [0.2, 0.25) is 21.8 Å². The predicted octanol–water partition coefficient (Wildman–Crippen LogP) is 4.41. The summed E-state index contributed by atoms with van der Waals surface area (Å²) in [6.45, 7) is 2.76. The number of nitrogens with one attached hydrogen (secondary N) is 1. The molecule has 10 heteroatoms. The SMILES string of the molecule is CC(C)NC(=O)[C@@H](Cc1ccccc1)N(Cc1ccccc1F)C(=O)CN(c1cccc(Cl)c1)S(C)(=O)=O. The molecular formula is C28H31ClFN3O4S. The average molecular weight is 560 g/mol. The van der Waals surface area contributed by atoms with Crippen LogP contribution in [0.4, 0.5) is 10.1 Å². The third kappa shape index (κ3) is 8.03. The molecule has 3 aromatic rings. The number of hydrogen-bond donors (Lipinski definition) is 1. The van der Waals surface area contributed by atoms with Gasteiger partial charge < -0.3 is 10.2 Å². The second-order valence-corrected chi connectivity index (χ2v) is 11.6. The van der Waals surface area contributed by atoms with Crippen LogP contribution in [0.5, 0.6) is 0 Å². The number of nitrogens with zero attached hydrogens (tertiary/aromatic N) is 2. The smallest absolute Gasteiger partial charge is 0.244 e. The number of anilines is 1. The Bertz CT molecular complexity index is 1370. The van der Waals surface area contributed by atoms with E-state index in [1.807, 2.05) is 30.3 Å². The first kappa shape index (κ1) is 29.1. The third-order valence-corrected chi connectivity index (χ3v) is 7.15. The number of carbonyl (C=O) groups is 2. The second-order valence-electron chi connectivity index (χ2n) is 9.23. The van der Waals surface area contributed by atoms with Gasteiger partial charge >= 0.3 is 0 Å². The van der Waals surface area contributed by atoms with E-state index in [1.54, 1.807) is 32.0 Å². The topological polar surface area (TPSA) is 86.8 Å². The van der Waals surface area contributed by atoms with Gasteiger partial charge in [0.15, 0.2) is 0 Å². The minimum absolute atomic E-state index is 0.148. The molecule has 202 valence electrons. The van der Waals surface area contributed by atoms with Gasteiger partial charge in [-0.3, -0.25) is 13.9 Å². The highest BCUT2D eigenvalue weighted by Gasteiger charge is 2.33. The molecule has 0 aliphatic carbocycles. The van der Waals surface area contributed by atoms with Crippen LogP contribution in [0, 0.1) is 5.82 Å². The standard InChI is InChI=1S/C28H31ClFN3O4S/c1-20(2)31-28(35)26(16-21-10-5-4-6-11-21)32(18-22-12-7-8-15-25(22)30)27(34)19-33(38(3,36)37)24-14-9-13-23(29)17-24/h4-15,17,20,26H,16,18-19H2,1-3H3,(H,31,35)/t26-/m1/s1. The highest BCUT2D eigenvalue weighted by Crippen LogP contribution is 2.23. The van der Waals surface area contributed by atoms with E-state index in [0.717, 1.165) is 16.1 Å². The highest BCUT2D eigenvalue weighted by atomic mass is 35.5. The van der Waals surface area contributed by atoms with E-state index in [1.165, 1.54) is 35.2 Å². The molecule has 0 fully saturated rings. The summed E-state index contributed by atoms with van der Waals surface area (Å²) in [5.41, 5.74) is 1.19. The lowest BCUT2D eigenvalue weighted by atomic mass is 10.0. The molecule has 0 spiro atoms. The molecule has 0 aliphatic rings. The second kappa shape index (κ2) is 12.9. The molecule has 3 rings (SSSR count). The van der Waals surface area contributed by atoms with Crippen LogP contribution >= 0.6 is 11.6 Å². The third-order valence-electron chi connectivity index (χ3n) is 5.78. The number of rotatable bonds is 11. The molecule has 38 heavy (non-hydrogen) atoms. The van der Waals surface area contributed by atoms with Crippen LogP contribution in [0.15, 0.2) is 78.9 Å². The van der Waals surface area contributed by atoms with Gasteiger partial charge in [0.25, 0.3) is 0 Å². The largest absolute Gasteiger partial charge is 0.352 e. The van der Waals surface area contributed by atoms with Gasteiger partial charge in [-0.25, -0.2) is 12.8 Å². The Morgan fingerprint density at radius 3 is 2.24 bits per heavy atom. The summed E-state index contributed by atoms with van der Waals surface area (Å²) >= 11 is 6.08. The van der Waals surface area contributed by atoms with Gasteiger partial charge in [0, 0.05) is 29.6 Å². The van der Waals surface area contributed by atoms with Crippen LogP contribution in [0.3, 0.4) is 0 Å². The molecule has 0 bridgehead atoms. The fourth-order valence-corrected chi connectivity index (χ4v) is 5.02. The van der Waals surface area contributed by atoms with E-state index in [0.29, 0.717) is 5.02 Å². The van der Waals surface area contributed by atoms with Gasteiger partial charge in [-0.15, -0.1) is 0 Å². The van der Waals surface area contributed by atoms with Crippen molar-refractivity contribution in [1.82, 2.24) is 10.2 Å². The Kier molecular flexibility index (Phi) is 9.88. The van der Waals surface area contributed by atoms with Crippen LogP contribution in [0.25, 0.3) is 0 Å². The molecule has 0 aliphatic heterocycles. The number of carbonyl (C=O) groups excluding carboxylic acids is 2. The van der Waals surface area contributed by atoms with Crippen molar-refractivity contribution in [3.05, 3.63) is 101 Å². The lowest BCUT2D eigenvalue weighted by Crippen LogP contribution is -2.54. The van der Waals surface area contributed by atoms with Crippen molar-refractivity contribution < 1.29 is 22.4 Å². The summed E-state index contributed by atoms with van der Waals surface area (Å²) in [7, 11) is -3.92. The van der Waals surface area contributed by atoms with Crippen molar-refractivity contribution >= 4 is 39.1 Å². The minimum Gasteiger partial charge on any atom is -0.352 e. The zero-order valence-corrected chi connectivity index (χ0v) is 23.0. The molecule has 0 saturated carbocycles. The van der Waals surface area contributed by atoms with Gasteiger partial charge in [-0.2, -0.15) is 0 Å². The van der Waals surface area contributed by atoms with Crippen LogP contribution in [-0.4, -0.2) is 50.0 Å². The van der Waals surface area contributed by atoms with Crippen molar-refractivity contribution in [2.24, 2.45) is 0 Å². The summed E-state index contributed by atoms with van der Waals surface area (Å²) in [6.07, 6.45) is 1.13. The van der Waals surface area contributed by atoms with E-state index >= 15 is 0 Å². The first-order chi connectivity index (χ1) is 18.0. The monoisotopic (exact) mass is 559 g/mol. The maximum atomic E-state index is 14.7. The normalized spacial score (nSPS) is 12.2. The number of sulfonamides is 1. The zero-order valence-electron chi connectivity index (χ0n) is 21.5. The average Bonchev–Trinajstić information content (AvgIpc) is 2.85. The van der Waals surface area contributed by atoms with Crippen molar-refractivity contribution in [3.63, 3.8) is 0 Å². The molecule has 0 unspecified atom stereocenters.